The highest BCUT2D eigenvalue weighted by atomic mass is 127. The van der Waals surface area contributed by atoms with E-state index in [1.54, 1.807) is 23.1 Å². The number of nitrogens with zero attached hydrogens (tertiary/aromatic N) is 2. The van der Waals surface area contributed by atoms with E-state index in [9.17, 15) is 0 Å². The number of aromatic nitrogens is 1. The lowest BCUT2D eigenvalue weighted by Gasteiger charge is -2.09. The summed E-state index contributed by atoms with van der Waals surface area (Å²) >= 11 is 3.44. The van der Waals surface area contributed by atoms with Gasteiger partial charge in [-0.1, -0.05) is 37.7 Å². The van der Waals surface area contributed by atoms with Crippen LogP contribution < -0.4 is 11.1 Å². The predicted octanol–water partition coefficient (Wildman–Crippen LogP) is 4.79. The van der Waals surface area contributed by atoms with Gasteiger partial charge in [0, 0.05) is 29.6 Å². The second kappa shape index (κ2) is 10.9. The molecular weight excluding hydrogens is 439 g/mol. The zero-order valence-electron chi connectivity index (χ0n) is 13.4. The molecular formula is C16H23IN4S2. The summed E-state index contributed by atoms with van der Waals surface area (Å²) in [5, 5.41) is 5.15. The second-order valence-electron chi connectivity index (χ2n) is 5.17. The van der Waals surface area contributed by atoms with Crippen LogP contribution in [0, 0.1) is 0 Å². The zero-order chi connectivity index (χ0) is 15.8. The van der Waals surface area contributed by atoms with Crippen molar-refractivity contribution < 1.29 is 0 Å². The molecule has 3 N–H and O–H groups in total. The van der Waals surface area contributed by atoms with E-state index in [0.717, 1.165) is 28.7 Å². The molecule has 7 heteroatoms. The Balaban J connectivity index is 0.00000264. The van der Waals surface area contributed by atoms with Gasteiger partial charge in [0.2, 0.25) is 0 Å². The number of anilines is 1. The summed E-state index contributed by atoms with van der Waals surface area (Å²) in [7, 11) is 0. The van der Waals surface area contributed by atoms with Crippen LogP contribution in [-0.4, -0.2) is 23.2 Å². The number of nitrogens with one attached hydrogen (secondary N) is 1. The number of aliphatic imine (C=N–C) groups is 1. The molecule has 1 heterocycles. The first-order valence-electron chi connectivity index (χ1n) is 7.34. The molecule has 0 unspecified atom stereocenters. The molecule has 0 aliphatic heterocycles. The summed E-state index contributed by atoms with van der Waals surface area (Å²) in [4.78, 5) is 8.60. The van der Waals surface area contributed by atoms with Crippen LogP contribution in [0.25, 0.3) is 0 Å². The fraction of sp³-hybridized carbons (Fsp3) is 0.375. The van der Waals surface area contributed by atoms with Crippen LogP contribution in [0.15, 0.2) is 45.2 Å². The van der Waals surface area contributed by atoms with Gasteiger partial charge in [0.25, 0.3) is 0 Å². The molecule has 1 aromatic carbocycles. The Morgan fingerprint density at radius 2 is 2.26 bits per heavy atom. The molecule has 1 aromatic heterocycles. The summed E-state index contributed by atoms with van der Waals surface area (Å²) in [6.45, 7) is 5.08. The van der Waals surface area contributed by atoms with Gasteiger partial charge in [0.15, 0.2) is 5.96 Å². The van der Waals surface area contributed by atoms with E-state index in [4.69, 9.17) is 5.73 Å². The van der Waals surface area contributed by atoms with Gasteiger partial charge in [-0.2, -0.15) is 0 Å². The van der Waals surface area contributed by atoms with Crippen molar-refractivity contribution in [2.24, 2.45) is 10.7 Å². The van der Waals surface area contributed by atoms with E-state index in [2.05, 4.69) is 41.3 Å². The largest absolute Gasteiger partial charge is 0.370 e. The smallest absolute Gasteiger partial charge is 0.193 e. The maximum Gasteiger partial charge on any atom is 0.193 e. The number of benzene rings is 1. The SMILES string of the molecule is CC(C)c1cccc(NC(N)=NCCCSc2nccs2)c1.I. The Morgan fingerprint density at radius 3 is 2.96 bits per heavy atom. The van der Waals surface area contributed by atoms with Crippen LogP contribution in [-0.2, 0) is 0 Å². The number of halogens is 1. The molecule has 0 radical (unpaired) electrons. The summed E-state index contributed by atoms with van der Waals surface area (Å²) in [5.74, 6) is 1.98. The van der Waals surface area contributed by atoms with Crippen molar-refractivity contribution >= 4 is 58.7 Å². The third kappa shape index (κ3) is 7.54. The van der Waals surface area contributed by atoms with E-state index < -0.39 is 0 Å². The number of thioether (sulfide) groups is 1. The van der Waals surface area contributed by atoms with Gasteiger partial charge in [-0.25, -0.2) is 4.98 Å². The third-order valence-electron chi connectivity index (χ3n) is 3.05. The molecule has 0 fully saturated rings. The van der Waals surface area contributed by atoms with Gasteiger partial charge >= 0.3 is 0 Å². The molecule has 0 amide bonds. The first-order valence-corrected chi connectivity index (χ1v) is 9.21. The molecule has 0 saturated carbocycles. The van der Waals surface area contributed by atoms with E-state index >= 15 is 0 Å². The van der Waals surface area contributed by atoms with Crippen molar-refractivity contribution in [2.45, 2.75) is 30.5 Å². The van der Waals surface area contributed by atoms with Crippen LogP contribution in [0.4, 0.5) is 5.69 Å². The van der Waals surface area contributed by atoms with E-state index in [-0.39, 0.29) is 24.0 Å². The molecule has 2 aromatic rings. The topological polar surface area (TPSA) is 63.3 Å². The normalized spacial score (nSPS) is 11.3. The molecule has 2 rings (SSSR count). The predicted molar refractivity (Wildman–Crippen MR) is 114 cm³/mol. The second-order valence-corrected chi connectivity index (χ2v) is 7.41. The Kier molecular flexibility index (Phi) is 9.57. The molecule has 0 atom stereocenters. The lowest BCUT2D eigenvalue weighted by molar-refractivity contribution is 0.867. The minimum Gasteiger partial charge on any atom is -0.370 e. The highest BCUT2D eigenvalue weighted by Crippen LogP contribution is 2.20. The molecule has 4 nitrogen and oxygen atoms in total. The van der Waals surface area contributed by atoms with Crippen LogP contribution >= 0.6 is 47.1 Å². The molecule has 0 saturated heterocycles. The molecule has 23 heavy (non-hydrogen) atoms. The van der Waals surface area contributed by atoms with Gasteiger partial charge in [-0.3, -0.25) is 4.99 Å². The van der Waals surface area contributed by atoms with Gasteiger partial charge in [-0.05, 0) is 30.0 Å². The standard InChI is InChI=1S/C16H22N4S2.HI/c1-12(2)13-5-3-6-14(11-13)20-15(17)18-7-4-9-21-16-19-8-10-22-16;/h3,5-6,8,10-12H,4,7,9H2,1-2H3,(H3,17,18,20);1H. The summed E-state index contributed by atoms with van der Waals surface area (Å²) in [6, 6.07) is 8.28. The van der Waals surface area contributed by atoms with Gasteiger partial charge in [-0.15, -0.1) is 35.3 Å². The van der Waals surface area contributed by atoms with Gasteiger partial charge in [0.05, 0.1) is 0 Å². The number of thiazole rings is 1. The van der Waals surface area contributed by atoms with Crippen LogP contribution in [0.2, 0.25) is 0 Å². The van der Waals surface area contributed by atoms with E-state index in [0.29, 0.717) is 11.9 Å². The van der Waals surface area contributed by atoms with Crippen molar-refractivity contribution in [3.05, 3.63) is 41.4 Å². The minimum atomic E-state index is 0. The quantitative estimate of drug-likeness (QED) is 0.204. The molecule has 0 spiro atoms. The molecule has 126 valence electrons. The average molecular weight is 462 g/mol. The highest BCUT2D eigenvalue weighted by molar-refractivity contribution is 14.0. The monoisotopic (exact) mass is 462 g/mol. The Morgan fingerprint density at radius 1 is 1.43 bits per heavy atom. The number of hydrogen-bond donors (Lipinski definition) is 2. The number of nitrogens with two attached hydrogens (primary N) is 1. The first-order chi connectivity index (χ1) is 10.6. The summed E-state index contributed by atoms with van der Waals surface area (Å²) in [6.07, 6.45) is 2.82. The van der Waals surface area contributed by atoms with Crippen molar-refractivity contribution in [3.8, 4) is 0 Å². The van der Waals surface area contributed by atoms with Crippen molar-refractivity contribution in [3.63, 3.8) is 0 Å². The molecule has 0 aliphatic rings. The third-order valence-corrected chi connectivity index (χ3v) is 5.10. The van der Waals surface area contributed by atoms with Gasteiger partial charge in [0.1, 0.15) is 4.34 Å². The summed E-state index contributed by atoms with van der Waals surface area (Å²) in [5.41, 5.74) is 8.21. The first kappa shape index (κ1) is 20.2. The average Bonchev–Trinajstić information content (AvgIpc) is 3.00. The zero-order valence-corrected chi connectivity index (χ0v) is 17.3. The number of rotatable bonds is 7. The van der Waals surface area contributed by atoms with E-state index in [1.807, 2.05) is 23.7 Å². The molecule has 0 bridgehead atoms. The minimum absolute atomic E-state index is 0. The summed E-state index contributed by atoms with van der Waals surface area (Å²) < 4.78 is 1.11. The van der Waals surface area contributed by atoms with Gasteiger partial charge < -0.3 is 11.1 Å². The van der Waals surface area contributed by atoms with Crippen LogP contribution in [0.1, 0.15) is 31.7 Å². The lowest BCUT2D eigenvalue weighted by atomic mass is 10.0. The maximum atomic E-state index is 5.93. The van der Waals surface area contributed by atoms with E-state index in [1.165, 1.54) is 5.56 Å². The maximum absolute atomic E-state index is 5.93. The fourth-order valence-corrected chi connectivity index (χ4v) is 3.50. The molecule has 0 aliphatic carbocycles. The van der Waals surface area contributed by atoms with Crippen molar-refractivity contribution in [1.82, 2.24) is 4.98 Å². The Hall–Kier alpha value is -0.800. The van der Waals surface area contributed by atoms with Crippen molar-refractivity contribution in [2.75, 3.05) is 17.6 Å². The Bertz CT molecular complexity index is 600. The number of guanidine groups is 1. The van der Waals surface area contributed by atoms with Crippen molar-refractivity contribution in [1.29, 1.82) is 0 Å². The lowest BCUT2D eigenvalue weighted by Crippen LogP contribution is -2.23. The highest BCUT2D eigenvalue weighted by Gasteiger charge is 2.01. The van der Waals surface area contributed by atoms with Crippen LogP contribution in [0.3, 0.4) is 0 Å². The number of hydrogen-bond acceptors (Lipinski definition) is 4. The van der Waals surface area contributed by atoms with Crippen LogP contribution in [0.5, 0.6) is 0 Å². The Labute approximate surface area is 163 Å². The fourth-order valence-electron chi connectivity index (χ4n) is 1.87.